The van der Waals surface area contributed by atoms with Gasteiger partial charge in [0.1, 0.15) is 0 Å². The van der Waals surface area contributed by atoms with Crippen LogP contribution < -0.4 is 16.0 Å². The quantitative estimate of drug-likeness (QED) is 0.314. The monoisotopic (exact) mass is 420 g/mol. The first-order valence-corrected chi connectivity index (χ1v) is 10.5. The van der Waals surface area contributed by atoms with Crippen LogP contribution in [-0.4, -0.2) is 33.2 Å². The van der Waals surface area contributed by atoms with Gasteiger partial charge < -0.3 is 16.0 Å². The van der Waals surface area contributed by atoms with Crippen molar-refractivity contribution in [2.24, 2.45) is 0 Å². The number of nitrogens with one attached hydrogen (secondary N) is 3. The number of hydrogen-bond donors (Lipinski definition) is 3. The fraction of sp³-hybridized carbons (Fsp3) is 0.143. The van der Waals surface area contributed by atoms with Crippen molar-refractivity contribution in [2.45, 2.75) is 6.92 Å². The molecule has 0 aliphatic rings. The predicted molar refractivity (Wildman–Crippen MR) is 125 cm³/mol. The van der Waals surface area contributed by atoms with E-state index < -0.39 is 0 Å². The summed E-state index contributed by atoms with van der Waals surface area (Å²) in [6.45, 7) is 3.37. The maximum atomic E-state index is 5.37. The number of pyridine rings is 1. The molecule has 1 aromatic carbocycles. The van der Waals surface area contributed by atoms with Gasteiger partial charge in [-0.25, -0.2) is 9.97 Å². The number of anilines is 2. The Morgan fingerprint density at radius 1 is 1.07 bits per heavy atom. The summed E-state index contributed by atoms with van der Waals surface area (Å²) in [5, 5.41) is 13.3. The van der Waals surface area contributed by atoms with E-state index in [-0.39, 0.29) is 0 Å². The Labute approximate surface area is 178 Å². The molecule has 3 heterocycles. The summed E-state index contributed by atoms with van der Waals surface area (Å²) >= 11 is 7.01. The molecule has 0 atom stereocenters. The molecule has 0 saturated heterocycles. The zero-order valence-electron chi connectivity index (χ0n) is 15.8. The van der Waals surface area contributed by atoms with Crippen molar-refractivity contribution in [2.75, 3.05) is 23.7 Å². The molecule has 29 heavy (non-hydrogen) atoms. The van der Waals surface area contributed by atoms with Crippen LogP contribution in [0.1, 0.15) is 5.69 Å². The van der Waals surface area contributed by atoms with Gasteiger partial charge >= 0.3 is 0 Å². The second kappa shape index (κ2) is 8.93. The van der Waals surface area contributed by atoms with Gasteiger partial charge in [0.05, 0.1) is 16.1 Å². The van der Waals surface area contributed by atoms with Crippen LogP contribution in [0.4, 0.5) is 11.6 Å². The Hall–Kier alpha value is -3.10. The molecule has 0 aliphatic carbocycles. The molecule has 8 heteroatoms. The maximum Gasteiger partial charge on any atom is 0.229 e. The number of hydrogen-bond acceptors (Lipinski definition) is 6. The predicted octanol–water partition coefficient (Wildman–Crippen LogP) is 4.46. The first-order chi connectivity index (χ1) is 14.2. The highest BCUT2D eigenvalue weighted by molar-refractivity contribution is 7.80. The molecule has 0 unspecified atom stereocenters. The van der Waals surface area contributed by atoms with Crippen molar-refractivity contribution >= 4 is 51.2 Å². The molecule has 0 spiro atoms. The normalized spacial score (nSPS) is 10.7. The standard InChI is InChI=1S/C21H20N6S2/c1-14-13-18(15-5-2-3-6-16(15)25-14)22-10-11-24-21(28)27-20-23-9-8-17(26-20)19-7-4-12-29-19/h2-9,12-13H,10-11H2,1H3,(H,22,25)(H2,23,24,26,27,28). The molecular weight excluding hydrogens is 400 g/mol. The summed E-state index contributed by atoms with van der Waals surface area (Å²) in [5.41, 5.74) is 3.92. The van der Waals surface area contributed by atoms with E-state index in [1.165, 1.54) is 0 Å². The number of aromatic nitrogens is 3. The molecule has 4 rings (SSSR count). The van der Waals surface area contributed by atoms with E-state index in [9.17, 15) is 0 Å². The number of thiocarbonyl (C=S) groups is 1. The summed E-state index contributed by atoms with van der Waals surface area (Å²) < 4.78 is 0. The Morgan fingerprint density at radius 2 is 1.97 bits per heavy atom. The first kappa shape index (κ1) is 19.2. The molecular formula is C21H20N6S2. The highest BCUT2D eigenvalue weighted by atomic mass is 32.1. The van der Waals surface area contributed by atoms with Gasteiger partial charge in [-0.3, -0.25) is 4.98 Å². The number of fused-ring (bicyclic) bond motifs is 1. The van der Waals surface area contributed by atoms with E-state index >= 15 is 0 Å². The van der Waals surface area contributed by atoms with Crippen molar-refractivity contribution in [3.8, 4) is 10.6 Å². The van der Waals surface area contributed by atoms with Crippen LogP contribution in [0, 0.1) is 6.92 Å². The number of benzene rings is 1. The van der Waals surface area contributed by atoms with Crippen LogP contribution in [0.15, 0.2) is 60.1 Å². The zero-order chi connectivity index (χ0) is 20.1. The third-order valence-corrected chi connectivity index (χ3v) is 5.36. The Balaban J connectivity index is 1.31. The van der Waals surface area contributed by atoms with Crippen molar-refractivity contribution in [1.82, 2.24) is 20.3 Å². The van der Waals surface area contributed by atoms with Gasteiger partial charge in [-0.1, -0.05) is 24.3 Å². The van der Waals surface area contributed by atoms with Gasteiger partial charge in [0.15, 0.2) is 5.11 Å². The maximum absolute atomic E-state index is 5.37. The van der Waals surface area contributed by atoms with Gasteiger partial charge in [0, 0.05) is 36.1 Å². The fourth-order valence-corrected chi connectivity index (χ4v) is 3.84. The third-order valence-electron chi connectivity index (χ3n) is 4.22. The van der Waals surface area contributed by atoms with E-state index in [0.29, 0.717) is 24.2 Å². The summed E-state index contributed by atoms with van der Waals surface area (Å²) in [7, 11) is 0. The molecule has 0 amide bonds. The van der Waals surface area contributed by atoms with Gasteiger partial charge in [-0.05, 0) is 48.8 Å². The first-order valence-electron chi connectivity index (χ1n) is 9.21. The van der Waals surface area contributed by atoms with Crippen LogP contribution in [0.25, 0.3) is 21.5 Å². The second-order valence-corrected chi connectivity index (χ2v) is 7.73. The fourth-order valence-electron chi connectivity index (χ4n) is 2.95. The van der Waals surface area contributed by atoms with E-state index in [1.54, 1.807) is 17.5 Å². The minimum Gasteiger partial charge on any atom is -0.383 e. The minimum atomic E-state index is 0.483. The molecule has 6 nitrogen and oxygen atoms in total. The average Bonchev–Trinajstić information content (AvgIpc) is 3.26. The third kappa shape index (κ3) is 4.85. The lowest BCUT2D eigenvalue weighted by Crippen LogP contribution is -2.33. The molecule has 3 N–H and O–H groups in total. The minimum absolute atomic E-state index is 0.483. The topological polar surface area (TPSA) is 74.8 Å². The van der Waals surface area contributed by atoms with Crippen molar-refractivity contribution in [3.63, 3.8) is 0 Å². The number of rotatable bonds is 6. The molecule has 0 saturated carbocycles. The zero-order valence-corrected chi connectivity index (χ0v) is 17.5. The molecule has 4 aromatic rings. The molecule has 0 bridgehead atoms. The van der Waals surface area contributed by atoms with Crippen molar-refractivity contribution < 1.29 is 0 Å². The highest BCUT2D eigenvalue weighted by Crippen LogP contribution is 2.23. The van der Waals surface area contributed by atoms with E-state index in [1.807, 2.05) is 48.7 Å². The van der Waals surface area contributed by atoms with Gasteiger partial charge in [0.2, 0.25) is 5.95 Å². The molecule has 0 fully saturated rings. The lowest BCUT2D eigenvalue weighted by Gasteiger charge is -2.13. The number of nitrogens with zero attached hydrogens (tertiary/aromatic N) is 3. The molecule has 0 radical (unpaired) electrons. The second-order valence-electron chi connectivity index (χ2n) is 6.38. The lowest BCUT2D eigenvalue weighted by molar-refractivity contribution is 0.914. The number of aryl methyl sites for hydroxylation is 1. The Kier molecular flexibility index (Phi) is 5.92. The van der Waals surface area contributed by atoms with Gasteiger partial charge in [-0.15, -0.1) is 11.3 Å². The van der Waals surface area contributed by atoms with E-state index in [4.69, 9.17) is 12.2 Å². The number of para-hydroxylation sites is 1. The highest BCUT2D eigenvalue weighted by Gasteiger charge is 2.06. The lowest BCUT2D eigenvalue weighted by atomic mass is 10.1. The summed E-state index contributed by atoms with van der Waals surface area (Å²) in [4.78, 5) is 14.4. The molecule has 3 aromatic heterocycles. The van der Waals surface area contributed by atoms with Crippen LogP contribution in [0.5, 0.6) is 0 Å². The van der Waals surface area contributed by atoms with Crippen LogP contribution >= 0.6 is 23.6 Å². The largest absolute Gasteiger partial charge is 0.383 e. The molecule has 0 aliphatic heterocycles. The average molecular weight is 421 g/mol. The van der Waals surface area contributed by atoms with E-state index in [2.05, 4.69) is 43.0 Å². The molecule has 146 valence electrons. The summed E-state index contributed by atoms with van der Waals surface area (Å²) in [6.07, 6.45) is 1.73. The van der Waals surface area contributed by atoms with Crippen LogP contribution in [0.3, 0.4) is 0 Å². The van der Waals surface area contributed by atoms with Gasteiger partial charge in [-0.2, -0.15) is 0 Å². The smallest absolute Gasteiger partial charge is 0.229 e. The summed E-state index contributed by atoms with van der Waals surface area (Å²) in [5.74, 6) is 0.483. The summed E-state index contributed by atoms with van der Waals surface area (Å²) in [6, 6.07) is 16.1. The van der Waals surface area contributed by atoms with Crippen molar-refractivity contribution in [1.29, 1.82) is 0 Å². The van der Waals surface area contributed by atoms with Gasteiger partial charge in [0.25, 0.3) is 0 Å². The SMILES string of the molecule is Cc1cc(NCCNC(=S)Nc2nccc(-c3cccs3)n2)c2ccccc2n1. The van der Waals surface area contributed by atoms with Crippen molar-refractivity contribution in [3.05, 3.63) is 65.8 Å². The van der Waals surface area contributed by atoms with E-state index in [0.717, 1.165) is 32.9 Å². The Bertz CT molecular complexity index is 1130. The Morgan fingerprint density at radius 3 is 2.83 bits per heavy atom. The van der Waals surface area contributed by atoms with Crippen LogP contribution in [-0.2, 0) is 0 Å². The van der Waals surface area contributed by atoms with Crippen LogP contribution in [0.2, 0.25) is 0 Å². The number of thiophene rings is 1.